The van der Waals surface area contributed by atoms with Crippen LogP contribution in [0.4, 0.5) is 9.93 Å². The average molecular weight is 446 g/mol. The van der Waals surface area contributed by atoms with Crippen LogP contribution in [-0.2, 0) is 22.6 Å². The number of ether oxygens (including phenoxy) is 1. The van der Waals surface area contributed by atoms with Crippen LogP contribution in [0.15, 0.2) is 78.9 Å². The van der Waals surface area contributed by atoms with Gasteiger partial charge in [0.2, 0.25) is 5.91 Å². The molecule has 0 fully saturated rings. The van der Waals surface area contributed by atoms with E-state index in [1.165, 1.54) is 11.3 Å². The highest BCUT2D eigenvalue weighted by Gasteiger charge is 2.23. The van der Waals surface area contributed by atoms with Gasteiger partial charge >= 0.3 is 6.09 Å². The zero-order chi connectivity index (χ0) is 22.3. The molecule has 32 heavy (non-hydrogen) atoms. The van der Waals surface area contributed by atoms with Crippen molar-refractivity contribution in [3.63, 3.8) is 0 Å². The van der Waals surface area contributed by atoms with Gasteiger partial charge in [0.1, 0.15) is 12.6 Å². The summed E-state index contributed by atoms with van der Waals surface area (Å²) in [6.07, 6.45) is -0.318. The van der Waals surface area contributed by atoms with Gasteiger partial charge in [-0.15, -0.1) is 0 Å². The van der Waals surface area contributed by atoms with E-state index in [2.05, 4.69) is 15.6 Å². The molecule has 0 bridgehead atoms. The molecule has 0 aliphatic carbocycles. The number of aryl methyl sites for hydroxylation is 1. The third-order valence-corrected chi connectivity index (χ3v) is 5.81. The summed E-state index contributed by atoms with van der Waals surface area (Å²) in [4.78, 5) is 30.0. The quantitative estimate of drug-likeness (QED) is 0.416. The number of aromatic nitrogens is 1. The maximum absolute atomic E-state index is 13.1. The second kappa shape index (κ2) is 10.1. The van der Waals surface area contributed by atoms with Crippen molar-refractivity contribution in [3.8, 4) is 0 Å². The summed E-state index contributed by atoms with van der Waals surface area (Å²) in [6, 6.07) is 24.1. The molecule has 1 aromatic heterocycles. The van der Waals surface area contributed by atoms with Gasteiger partial charge in [-0.2, -0.15) is 0 Å². The van der Waals surface area contributed by atoms with Crippen LogP contribution in [0.3, 0.4) is 0 Å². The zero-order valence-corrected chi connectivity index (χ0v) is 18.4. The van der Waals surface area contributed by atoms with Crippen LogP contribution in [0.25, 0.3) is 10.2 Å². The number of thiazole rings is 1. The van der Waals surface area contributed by atoms with Gasteiger partial charge in [-0.1, -0.05) is 78.1 Å². The SMILES string of the molecule is Cc1ccc2nc(NC(=O)C(Cc3ccccc3)NC(=O)OCc3ccccc3)sc2c1. The highest BCUT2D eigenvalue weighted by molar-refractivity contribution is 7.22. The number of carbonyl (C=O) groups is 2. The number of fused-ring (bicyclic) bond motifs is 1. The lowest BCUT2D eigenvalue weighted by molar-refractivity contribution is -0.118. The number of amides is 2. The smallest absolute Gasteiger partial charge is 0.408 e. The summed E-state index contributed by atoms with van der Waals surface area (Å²) in [5.74, 6) is -0.346. The van der Waals surface area contributed by atoms with Crippen LogP contribution in [0.2, 0.25) is 0 Å². The molecule has 7 heteroatoms. The molecule has 3 aromatic carbocycles. The third-order valence-electron chi connectivity index (χ3n) is 4.88. The highest BCUT2D eigenvalue weighted by atomic mass is 32.1. The number of hydrogen-bond donors (Lipinski definition) is 2. The average Bonchev–Trinajstić information content (AvgIpc) is 3.20. The summed E-state index contributed by atoms with van der Waals surface area (Å²) < 4.78 is 6.31. The maximum atomic E-state index is 13.1. The molecule has 1 unspecified atom stereocenters. The summed E-state index contributed by atoms with van der Waals surface area (Å²) >= 11 is 1.40. The highest BCUT2D eigenvalue weighted by Crippen LogP contribution is 2.26. The number of hydrogen-bond acceptors (Lipinski definition) is 5. The van der Waals surface area contributed by atoms with Crippen molar-refractivity contribution in [1.82, 2.24) is 10.3 Å². The van der Waals surface area contributed by atoms with E-state index in [0.717, 1.165) is 26.9 Å². The van der Waals surface area contributed by atoms with E-state index < -0.39 is 12.1 Å². The van der Waals surface area contributed by atoms with E-state index in [0.29, 0.717) is 11.6 Å². The number of alkyl carbamates (subject to hydrolysis) is 1. The minimum absolute atomic E-state index is 0.129. The second-order valence-corrected chi connectivity index (χ2v) is 8.46. The fourth-order valence-electron chi connectivity index (χ4n) is 3.24. The summed E-state index contributed by atoms with van der Waals surface area (Å²) in [6.45, 7) is 2.14. The zero-order valence-electron chi connectivity index (χ0n) is 17.6. The van der Waals surface area contributed by atoms with Crippen molar-refractivity contribution >= 4 is 38.7 Å². The first-order valence-electron chi connectivity index (χ1n) is 10.3. The number of nitrogens with one attached hydrogen (secondary N) is 2. The Balaban J connectivity index is 1.45. The second-order valence-electron chi connectivity index (χ2n) is 7.43. The Morgan fingerprint density at radius 2 is 1.66 bits per heavy atom. The van der Waals surface area contributed by atoms with Gasteiger partial charge < -0.3 is 15.4 Å². The van der Waals surface area contributed by atoms with E-state index in [1.807, 2.05) is 85.8 Å². The van der Waals surface area contributed by atoms with Crippen molar-refractivity contribution in [1.29, 1.82) is 0 Å². The van der Waals surface area contributed by atoms with E-state index >= 15 is 0 Å². The maximum Gasteiger partial charge on any atom is 0.408 e. The summed E-state index contributed by atoms with van der Waals surface area (Å²) in [7, 11) is 0. The van der Waals surface area contributed by atoms with Crippen LogP contribution in [0.5, 0.6) is 0 Å². The molecule has 1 atom stereocenters. The lowest BCUT2D eigenvalue weighted by Gasteiger charge is -2.18. The van der Waals surface area contributed by atoms with E-state index in [9.17, 15) is 9.59 Å². The molecule has 0 saturated carbocycles. The fraction of sp³-hybridized carbons (Fsp3) is 0.160. The molecule has 1 heterocycles. The molecule has 162 valence electrons. The minimum Gasteiger partial charge on any atom is -0.445 e. The first-order chi connectivity index (χ1) is 15.6. The fourth-order valence-corrected chi connectivity index (χ4v) is 4.21. The van der Waals surface area contributed by atoms with Crippen molar-refractivity contribution in [2.75, 3.05) is 5.32 Å². The normalized spacial score (nSPS) is 11.7. The molecule has 0 aliphatic heterocycles. The van der Waals surface area contributed by atoms with E-state index in [1.54, 1.807) is 0 Å². The van der Waals surface area contributed by atoms with E-state index in [4.69, 9.17) is 4.74 Å². The molecule has 0 aliphatic rings. The molecule has 4 rings (SSSR count). The predicted octanol–water partition coefficient (Wildman–Crippen LogP) is 5.08. The molecule has 6 nitrogen and oxygen atoms in total. The lowest BCUT2D eigenvalue weighted by Crippen LogP contribution is -2.45. The molecular weight excluding hydrogens is 422 g/mol. The van der Waals surface area contributed by atoms with Crippen molar-refractivity contribution < 1.29 is 14.3 Å². The molecule has 0 saturated heterocycles. The Bertz CT molecular complexity index is 1210. The van der Waals surface area contributed by atoms with Crippen LogP contribution < -0.4 is 10.6 Å². The van der Waals surface area contributed by atoms with Gasteiger partial charge in [-0.3, -0.25) is 4.79 Å². The van der Waals surface area contributed by atoms with Crippen LogP contribution in [-0.4, -0.2) is 23.0 Å². The van der Waals surface area contributed by atoms with Crippen LogP contribution in [0.1, 0.15) is 16.7 Å². The number of benzene rings is 3. The number of nitrogens with zero attached hydrogens (tertiary/aromatic N) is 1. The standard InChI is InChI=1S/C25H23N3O3S/c1-17-12-13-20-22(14-17)32-24(26-20)28-23(29)21(15-18-8-4-2-5-9-18)27-25(30)31-16-19-10-6-3-7-11-19/h2-14,21H,15-16H2,1H3,(H,27,30)(H,26,28,29). The molecule has 2 N–H and O–H groups in total. The van der Waals surface area contributed by atoms with Gasteiger partial charge in [0.25, 0.3) is 0 Å². The molecule has 0 spiro atoms. The van der Waals surface area contributed by atoms with Crippen molar-refractivity contribution in [2.45, 2.75) is 26.0 Å². The number of carbonyl (C=O) groups excluding carboxylic acids is 2. The lowest BCUT2D eigenvalue weighted by atomic mass is 10.1. The van der Waals surface area contributed by atoms with Gasteiger partial charge in [-0.25, -0.2) is 9.78 Å². The molecule has 0 radical (unpaired) electrons. The molecule has 2 amide bonds. The first-order valence-corrected chi connectivity index (χ1v) is 11.1. The van der Waals surface area contributed by atoms with Gasteiger partial charge in [0.05, 0.1) is 10.2 Å². The number of rotatable bonds is 7. The Morgan fingerprint density at radius 1 is 0.969 bits per heavy atom. The van der Waals surface area contributed by atoms with E-state index in [-0.39, 0.29) is 12.5 Å². The number of anilines is 1. The Hall–Kier alpha value is -3.71. The Labute approximate surface area is 190 Å². The van der Waals surface area contributed by atoms with Gasteiger partial charge in [-0.05, 0) is 35.7 Å². The monoisotopic (exact) mass is 445 g/mol. The molecular formula is C25H23N3O3S. The molecule has 4 aromatic rings. The van der Waals surface area contributed by atoms with Crippen LogP contribution >= 0.6 is 11.3 Å². The largest absolute Gasteiger partial charge is 0.445 e. The van der Waals surface area contributed by atoms with Crippen LogP contribution in [0, 0.1) is 6.92 Å². The third kappa shape index (κ3) is 5.70. The van der Waals surface area contributed by atoms with Crippen molar-refractivity contribution in [2.24, 2.45) is 0 Å². The first kappa shape index (κ1) is 21.5. The summed E-state index contributed by atoms with van der Waals surface area (Å²) in [5, 5.41) is 6.04. The topological polar surface area (TPSA) is 80.3 Å². The van der Waals surface area contributed by atoms with Crippen molar-refractivity contribution in [3.05, 3.63) is 95.6 Å². The summed E-state index contributed by atoms with van der Waals surface area (Å²) in [5.41, 5.74) is 3.75. The Kier molecular flexibility index (Phi) is 6.77. The van der Waals surface area contributed by atoms with Gasteiger partial charge in [0, 0.05) is 6.42 Å². The Morgan fingerprint density at radius 3 is 2.38 bits per heavy atom. The van der Waals surface area contributed by atoms with Gasteiger partial charge in [0.15, 0.2) is 5.13 Å². The minimum atomic E-state index is -0.811. The predicted molar refractivity (Wildman–Crippen MR) is 127 cm³/mol.